The number of aromatic amines is 2. The van der Waals surface area contributed by atoms with Crippen LogP contribution in [0.3, 0.4) is 0 Å². The van der Waals surface area contributed by atoms with Gasteiger partial charge in [-0.05, 0) is 60.9 Å². The van der Waals surface area contributed by atoms with Crippen molar-refractivity contribution < 1.29 is 4.39 Å². The van der Waals surface area contributed by atoms with Gasteiger partial charge < -0.3 is 9.88 Å². The van der Waals surface area contributed by atoms with Crippen LogP contribution in [0.25, 0.3) is 34.7 Å². The fraction of sp³-hybridized carbons (Fsp3) is 0.188. The van der Waals surface area contributed by atoms with E-state index >= 15 is 0 Å². The van der Waals surface area contributed by atoms with Crippen molar-refractivity contribution in [1.29, 1.82) is 0 Å². The second kappa shape index (κ2) is 12.7. The molecule has 0 saturated carbocycles. The monoisotopic (exact) mass is 509 g/mol. The minimum atomic E-state index is -0.283. The fourth-order valence-corrected chi connectivity index (χ4v) is 4.12. The summed E-state index contributed by atoms with van der Waals surface area (Å²) in [4.78, 5) is 9.84. The maximum absolute atomic E-state index is 14.0. The van der Waals surface area contributed by atoms with Crippen LogP contribution in [-0.2, 0) is 0 Å². The third kappa shape index (κ3) is 6.09. The first-order valence-corrected chi connectivity index (χ1v) is 12.7. The predicted octanol–water partition coefficient (Wildman–Crippen LogP) is 6.25. The first-order chi connectivity index (χ1) is 18.3. The zero-order valence-corrected chi connectivity index (χ0v) is 23.1. The highest BCUT2D eigenvalue weighted by Crippen LogP contribution is 2.30. The van der Waals surface area contributed by atoms with E-state index in [0.717, 1.165) is 61.2 Å². The van der Waals surface area contributed by atoms with Crippen LogP contribution in [0.4, 0.5) is 10.1 Å². The molecule has 1 aromatic carbocycles. The number of benzene rings is 1. The Bertz CT molecular complexity index is 1580. The van der Waals surface area contributed by atoms with Gasteiger partial charge in [-0.2, -0.15) is 5.10 Å². The topological polar surface area (TPSA) is 60.6 Å². The Hall–Kier alpha value is -4.45. The fourth-order valence-electron chi connectivity index (χ4n) is 4.12. The van der Waals surface area contributed by atoms with Crippen LogP contribution in [-0.4, -0.2) is 34.3 Å². The van der Waals surface area contributed by atoms with E-state index in [-0.39, 0.29) is 5.82 Å². The van der Waals surface area contributed by atoms with E-state index < -0.39 is 0 Å². The molecular formula is C32H36FN5. The third-order valence-corrected chi connectivity index (χ3v) is 6.03. The van der Waals surface area contributed by atoms with Gasteiger partial charge in [-0.25, -0.2) is 4.39 Å². The number of nitrogens with zero attached hydrogens (tertiary/aromatic N) is 3. The summed E-state index contributed by atoms with van der Waals surface area (Å²) in [5, 5.41) is 9.56. The van der Waals surface area contributed by atoms with Gasteiger partial charge in [0, 0.05) is 42.3 Å². The smallest absolute Gasteiger partial charge is 0.123 e. The van der Waals surface area contributed by atoms with Crippen LogP contribution in [0.1, 0.15) is 43.2 Å². The van der Waals surface area contributed by atoms with Gasteiger partial charge in [0.1, 0.15) is 11.5 Å². The molecule has 6 heteroatoms. The molecule has 0 aliphatic rings. The highest BCUT2D eigenvalue weighted by atomic mass is 19.1. The molecule has 3 heterocycles. The van der Waals surface area contributed by atoms with Gasteiger partial charge in [-0.3, -0.25) is 10.1 Å². The molecule has 0 bridgehead atoms. The normalized spacial score (nSPS) is 12.2. The quantitative estimate of drug-likeness (QED) is 0.290. The van der Waals surface area contributed by atoms with Crippen molar-refractivity contribution in [3.8, 4) is 11.4 Å². The number of halogens is 1. The SMILES string of the molecule is C=C/C=C(/c1cccc(F)c1)c1cc(-c2n[nH]c(=C/C)/c2=C\C(=C)c2cncc(N(C)C)c2)[nH]c1C.CC. The molecule has 0 fully saturated rings. The second-order valence-electron chi connectivity index (χ2n) is 8.73. The molecule has 0 atom stereocenters. The zero-order chi connectivity index (χ0) is 27.8. The summed E-state index contributed by atoms with van der Waals surface area (Å²) in [6.45, 7) is 16.1. The standard InChI is InChI=1S/C30H30FN5.C2H6/c1-7-10-25(21-11-9-12-23(31)14-21)26-16-29(33-20(26)4)30-27(28(8-2)34-35-30)13-19(3)22-15-24(36(5)6)18-32-17-22;1-2/h7-18,33-34H,1,3H2,2,4-6H3;1-2H3/b25-10-,27-13+,28-8+;. The number of rotatable bonds is 7. The zero-order valence-electron chi connectivity index (χ0n) is 23.1. The molecule has 38 heavy (non-hydrogen) atoms. The number of hydrogen-bond donors (Lipinski definition) is 2. The first-order valence-electron chi connectivity index (χ1n) is 12.7. The molecule has 0 amide bonds. The van der Waals surface area contributed by atoms with Crippen LogP contribution in [0, 0.1) is 12.7 Å². The molecule has 5 nitrogen and oxygen atoms in total. The van der Waals surface area contributed by atoms with Crippen molar-refractivity contribution in [2.45, 2.75) is 27.7 Å². The van der Waals surface area contributed by atoms with E-state index in [1.54, 1.807) is 12.1 Å². The van der Waals surface area contributed by atoms with Gasteiger partial charge >= 0.3 is 0 Å². The summed E-state index contributed by atoms with van der Waals surface area (Å²) in [5.74, 6) is -0.283. The summed E-state index contributed by atoms with van der Waals surface area (Å²) >= 11 is 0. The summed E-state index contributed by atoms with van der Waals surface area (Å²) in [5.41, 5.74) is 7.93. The molecular weight excluding hydrogens is 473 g/mol. The minimum absolute atomic E-state index is 0.283. The van der Waals surface area contributed by atoms with E-state index in [4.69, 9.17) is 0 Å². The lowest BCUT2D eigenvalue weighted by atomic mass is 9.97. The van der Waals surface area contributed by atoms with Gasteiger partial charge in [-0.1, -0.05) is 57.4 Å². The number of aromatic nitrogens is 4. The Morgan fingerprint density at radius 1 is 1.08 bits per heavy atom. The van der Waals surface area contributed by atoms with Crippen molar-refractivity contribution in [1.82, 2.24) is 20.2 Å². The van der Waals surface area contributed by atoms with Gasteiger partial charge in [0.15, 0.2) is 0 Å². The maximum Gasteiger partial charge on any atom is 0.123 e. The third-order valence-electron chi connectivity index (χ3n) is 6.03. The van der Waals surface area contributed by atoms with E-state index in [0.29, 0.717) is 0 Å². The molecule has 0 saturated heterocycles. The van der Waals surface area contributed by atoms with Crippen LogP contribution in [0.2, 0.25) is 0 Å². The number of aryl methyl sites for hydroxylation is 1. The van der Waals surface area contributed by atoms with E-state index in [1.165, 1.54) is 12.1 Å². The Labute approximate surface area is 224 Å². The van der Waals surface area contributed by atoms with Gasteiger partial charge in [0.05, 0.1) is 22.9 Å². The number of hydrogen-bond acceptors (Lipinski definition) is 3. The molecule has 196 valence electrons. The Balaban J connectivity index is 0.00000195. The molecule has 0 aliphatic heterocycles. The lowest BCUT2D eigenvalue weighted by Gasteiger charge is -2.12. The second-order valence-corrected chi connectivity index (χ2v) is 8.73. The van der Waals surface area contributed by atoms with E-state index in [2.05, 4.69) is 39.4 Å². The lowest BCUT2D eigenvalue weighted by Crippen LogP contribution is -2.23. The predicted molar refractivity (Wildman–Crippen MR) is 160 cm³/mol. The number of allylic oxidation sites excluding steroid dienone is 3. The molecule has 4 rings (SSSR count). The average Bonchev–Trinajstić information content (AvgIpc) is 3.51. The first kappa shape index (κ1) is 28.1. The Kier molecular flexibility index (Phi) is 9.39. The van der Waals surface area contributed by atoms with Crippen molar-refractivity contribution in [3.63, 3.8) is 0 Å². The van der Waals surface area contributed by atoms with Crippen molar-refractivity contribution in [2.24, 2.45) is 0 Å². The summed E-state index contributed by atoms with van der Waals surface area (Å²) in [7, 11) is 3.96. The van der Waals surface area contributed by atoms with Gasteiger partial charge in [-0.15, -0.1) is 0 Å². The summed E-state index contributed by atoms with van der Waals surface area (Å²) < 4.78 is 14.0. The van der Waals surface area contributed by atoms with Crippen molar-refractivity contribution in [3.05, 3.63) is 113 Å². The molecule has 4 aromatic rings. The van der Waals surface area contributed by atoms with Crippen LogP contribution in [0.15, 0.2) is 74.1 Å². The molecule has 0 aliphatic carbocycles. The van der Waals surface area contributed by atoms with Gasteiger partial charge in [0.25, 0.3) is 0 Å². The lowest BCUT2D eigenvalue weighted by molar-refractivity contribution is 0.627. The Morgan fingerprint density at radius 2 is 1.84 bits per heavy atom. The number of nitrogens with one attached hydrogen (secondary N) is 2. The van der Waals surface area contributed by atoms with E-state index in [9.17, 15) is 4.39 Å². The number of pyridine rings is 1. The van der Waals surface area contributed by atoms with Gasteiger partial charge in [0.2, 0.25) is 0 Å². The van der Waals surface area contributed by atoms with Crippen LogP contribution in [0.5, 0.6) is 0 Å². The highest BCUT2D eigenvalue weighted by Gasteiger charge is 2.15. The summed E-state index contributed by atoms with van der Waals surface area (Å²) in [6, 6.07) is 10.7. The number of H-pyrrole nitrogens is 2. The van der Waals surface area contributed by atoms with Crippen LogP contribution < -0.4 is 15.5 Å². The summed E-state index contributed by atoms with van der Waals surface area (Å²) in [6.07, 6.45) is 11.2. The maximum atomic E-state index is 14.0. The average molecular weight is 510 g/mol. The number of anilines is 1. The molecule has 2 N–H and O–H groups in total. The highest BCUT2D eigenvalue weighted by molar-refractivity contribution is 5.89. The van der Waals surface area contributed by atoms with Crippen LogP contribution >= 0.6 is 0 Å². The largest absolute Gasteiger partial charge is 0.376 e. The molecule has 0 unspecified atom stereocenters. The minimum Gasteiger partial charge on any atom is -0.376 e. The molecule has 0 spiro atoms. The van der Waals surface area contributed by atoms with Crippen molar-refractivity contribution >= 4 is 29.0 Å². The molecule has 0 radical (unpaired) electrons. The molecule has 3 aromatic heterocycles. The van der Waals surface area contributed by atoms with Crippen molar-refractivity contribution in [2.75, 3.05) is 19.0 Å². The van der Waals surface area contributed by atoms with E-state index in [1.807, 2.05) is 89.4 Å². The Morgan fingerprint density at radius 3 is 2.50 bits per heavy atom.